The molecule has 0 atom stereocenters. The Morgan fingerprint density at radius 3 is 2.58 bits per heavy atom. The summed E-state index contributed by atoms with van der Waals surface area (Å²) in [6, 6.07) is 18.3. The Labute approximate surface area is 195 Å². The van der Waals surface area contributed by atoms with E-state index in [9.17, 15) is 4.79 Å². The highest BCUT2D eigenvalue weighted by molar-refractivity contribution is 6.04. The van der Waals surface area contributed by atoms with Crippen LogP contribution in [-0.4, -0.2) is 33.7 Å². The van der Waals surface area contributed by atoms with Gasteiger partial charge in [-0.25, -0.2) is 9.97 Å². The highest BCUT2D eigenvalue weighted by atomic mass is 16.1. The summed E-state index contributed by atoms with van der Waals surface area (Å²) in [4.78, 5) is 24.0. The highest BCUT2D eigenvalue weighted by Gasteiger charge is 2.18. The first kappa shape index (κ1) is 21.5. The van der Waals surface area contributed by atoms with Crippen LogP contribution < -0.4 is 5.32 Å². The van der Waals surface area contributed by atoms with Crippen LogP contribution in [0.4, 0.5) is 11.5 Å². The monoisotopic (exact) mass is 438 g/mol. The first-order chi connectivity index (χ1) is 16.2. The van der Waals surface area contributed by atoms with E-state index >= 15 is 0 Å². The zero-order valence-electron chi connectivity index (χ0n) is 18.9. The number of ketones is 1. The van der Waals surface area contributed by atoms with Gasteiger partial charge in [-0.15, -0.1) is 0 Å². The van der Waals surface area contributed by atoms with Crippen molar-refractivity contribution in [3.8, 4) is 0 Å². The van der Waals surface area contributed by atoms with Gasteiger partial charge in [-0.2, -0.15) is 0 Å². The maximum atomic E-state index is 12.7. The second kappa shape index (κ2) is 10.1. The lowest BCUT2D eigenvalue weighted by atomic mass is 9.95. The van der Waals surface area contributed by atoms with Gasteiger partial charge in [-0.1, -0.05) is 36.4 Å². The van der Waals surface area contributed by atoms with Crippen LogP contribution in [0.25, 0.3) is 0 Å². The number of nitrogens with one attached hydrogen (secondary N) is 1. The van der Waals surface area contributed by atoms with E-state index in [0.29, 0.717) is 11.5 Å². The lowest BCUT2D eigenvalue weighted by Crippen LogP contribution is -2.32. The molecule has 2 aromatic carbocycles. The van der Waals surface area contributed by atoms with Gasteiger partial charge in [0.25, 0.3) is 0 Å². The maximum Gasteiger partial charge on any atom is 0.185 e. The van der Waals surface area contributed by atoms with E-state index in [1.165, 1.54) is 11.1 Å². The number of hydrogen-bond donors (Lipinski definition) is 1. The molecule has 0 radical (unpaired) electrons. The number of rotatable bonds is 7. The molecule has 0 bridgehead atoms. The molecule has 1 fully saturated rings. The van der Waals surface area contributed by atoms with Crippen molar-refractivity contribution in [2.24, 2.45) is 5.92 Å². The Morgan fingerprint density at radius 2 is 1.79 bits per heavy atom. The molecule has 5 nitrogen and oxygen atoms in total. The first-order valence-electron chi connectivity index (χ1n) is 11.9. The molecule has 0 saturated carbocycles. The summed E-state index contributed by atoms with van der Waals surface area (Å²) in [6.07, 6.45) is 10.9. The third kappa shape index (κ3) is 5.37. The predicted molar refractivity (Wildman–Crippen MR) is 132 cm³/mol. The van der Waals surface area contributed by atoms with Crippen molar-refractivity contribution in [3.63, 3.8) is 0 Å². The van der Waals surface area contributed by atoms with Crippen molar-refractivity contribution in [1.29, 1.82) is 0 Å². The average Bonchev–Trinajstić information content (AvgIpc) is 3.35. The summed E-state index contributed by atoms with van der Waals surface area (Å²) in [7, 11) is 0. The minimum absolute atomic E-state index is 0.0659. The summed E-state index contributed by atoms with van der Waals surface area (Å²) < 4.78 is 0. The standard InChI is InChI=1S/C28H30N4O/c33-27(14-9-21-15-17-32(18-16-21)19-22-5-2-1-3-6-22)23-10-12-24(13-11-23)31-28-25-7-4-8-26(25)29-20-30-28/h1-3,5-6,9-14,20-21H,4,7-8,15-19H2,(H,29,30,31)/b14-9+. The van der Waals surface area contributed by atoms with Crippen LogP contribution in [0.5, 0.6) is 0 Å². The van der Waals surface area contributed by atoms with Crippen LogP contribution in [0.15, 0.2) is 73.1 Å². The summed E-state index contributed by atoms with van der Waals surface area (Å²) in [5, 5.41) is 3.39. The average molecular weight is 439 g/mol. The second-order valence-electron chi connectivity index (χ2n) is 9.03. The molecule has 5 heteroatoms. The molecule has 5 rings (SSSR count). The van der Waals surface area contributed by atoms with E-state index < -0.39 is 0 Å². The van der Waals surface area contributed by atoms with Crippen LogP contribution in [0.2, 0.25) is 0 Å². The van der Waals surface area contributed by atoms with Gasteiger partial charge >= 0.3 is 0 Å². The number of nitrogens with zero attached hydrogens (tertiary/aromatic N) is 3. The molecule has 168 valence electrons. The number of anilines is 2. The zero-order valence-corrected chi connectivity index (χ0v) is 18.9. The van der Waals surface area contributed by atoms with Crippen LogP contribution >= 0.6 is 0 Å². The smallest absolute Gasteiger partial charge is 0.185 e. The topological polar surface area (TPSA) is 58.1 Å². The van der Waals surface area contributed by atoms with Gasteiger partial charge in [0.2, 0.25) is 0 Å². The number of likely N-dealkylation sites (tertiary alicyclic amines) is 1. The molecule has 1 saturated heterocycles. The molecule has 1 aliphatic heterocycles. The lowest BCUT2D eigenvalue weighted by molar-refractivity contribution is 0.104. The Kier molecular flexibility index (Phi) is 6.58. The van der Waals surface area contributed by atoms with E-state index in [0.717, 1.165) is 68.9 Å². The molecule has 33 heavy (non-hydrogen) atoms. The van der Waals surface area contributed by atoms with Gasteiger partial charge < -0.3 is 5.32 Å². The molecule has 0 spiro atoms. The van der Waals surface area contributed by atoms with Gasteiger partial charge in [0.15, 0.2) is 5.78 Å². The number of aromatic nitrogens is 2. The van der Waals surface area contributed by atoms with Gasteiger partial charge in [0.1, 0.15) is 12.1 Å². The largest absolute Gasteiger partial charge is 0.340 e. The fraction of sp³-hybridized carbons (Fsp3) is 0.321. The van der Waals surface area contributed by atoms with E-state index in [4.69, 9.17) is 0 Å². The lowest BCUT2D eigenvalue weighted by Gasteiger charge is -2.30. The molecular weight excluding hydrogens is 408 g/mol. The first-order valence-corrected chi connectivity index (χ1v) is 11.9. The van der Waals surface area contributed by atoms with Gasteiger partial charge in [-0.3, -0.25) is 9.69 Å². The van der Waals surface area contributed by atoms with Gasteiger partial charge in [0.05, 0.1) is 0 Å². The molecular formula is C28H30N4O. The quantitative estimate of drug-likeness (QED) is 0.397. The number of carbonyl (C=O) groups excluding carboxylic acids is 1. The molecule has 1 aliphatic carbocycles. The number of piperidine rings is 1. The van der Waals surface area contributed by atoms with Crippen molar-refractivity contribution < 1.29 is 4.79 Å². The molecule has 2 aliphatic rings. The fourth-order valence-electron chi connectivity index (χ4n) is 4.79. The Balaban J connectivity index is 1.13. The third-order valence-electron chi connectivity index (χ3n) is 6.71. The van der Waals surface area contributed by atoms with Crippen molar-refractivity contribution in [3.05, 3.63) is 95.5 Å². The molecule has 0 amide bonds. The Hall–Kier alpha value is -3.31. The minimum Gasteiger partial charge on any atom is -0.340 e. The molecule has 3 aromatic rings. The van der Waals surface area contributed by atoms with Crippen LogP contribution in [0.3, 0.4) is 0 Å². The van der Waals surface area contributed by atoms with Gasteiger partial charge in [-0.05, 0) is 87.0 Å². The maximum absolute atomic E-state index is 12.7. The fourth-order valence-corrected chi connectivity index (χ4v) is 4.79. The van der Waals surface area contributed by atoms with E-state index in [2.05, 4.69) is 56.6 Å². The summed E-state index contributed by atoms with van der Waals surface area (Å²) >= 11 is 0. The number of hydrogen-bond acceptors (Lipinski definition) is 5. The van der Waals surface area contributed by atoms with Gasteiger partial charge in [0, 0.05) is 29.1 Å². The normalized spacial score (nSPS) is 16.7. The van der Waals surface area contributed by atoms with Crippen molar-refractivity contribution in [2.45, 2.75) is 38.6 Å². The summed E-state index contributed by atoms with van der Waals surface area (Å²) in [5.41, 5.74) is 5.38. The predicted octanol–water partition coefficient (Wildman–Crippen LogP) is 5.36. The molecule has 2 heterocycles. The molecule has 0 unspecified atom stereocenters. The summed E-state index contributed by atoms with van der Waals surface area (Å²) in [6.45, 7) is 3.16. The number of benzene rings is 2. The van der Waals surface area contributed by atoms with Crippen LogP contribution in [-0.2, 0) is 19.4 Å². The van der Waals surface area contributed by atoms with E-state index in [1.54, 1.807) is 12.4 Å². The number of aryl methyl sites for hydroxylation is 1. The summed E-state index contributed by atoms with van der Waals surface area (Å²) in [5.74, 6) is 1.42. The van der Waals surface area contributed by atoms with E-state index in [1.807, 2.05) is 24.3 Å². The van der Waals surface area contributed by atoms with Crippen molar-refractivity contribution >= 4 is 17.3 Å². The van der Waals surface area contributed by atoms with E-state index in [-0.39, 0.29) is 5.78 Å². The molecule has 1 N–H and O–H groups in total. The minimum atomic E-state index is 0.0659. The zero-order chi connectivity index (χ0) is 22.5. The Bertz CT molecular complexity index is 1120. The number of fused-ring (bicyclic) bond motifs is 1. The van der Waals surface area contributed by atoms with Crippen LogP contribution in [0.1, 0.15) is 46.4 Å². The third-order valence-corrected chi connectivity index (χ3v) is 6.71. The number of carbonyl (C=O) groups is 1. The number of allylic oxidation sites excluding steroid dienone is 2. The highest BCUT2D eigenvalue weighted by Crippen LogP contribution is 2.27. The second-order valence-corrected chi connectivity index (χ2v) is 9.03. The molecule has 1 aromatic heterocycles. The SMILES string of the molecule is O=C(/C=C/C1CCN(Cc2ccccc2)CC1)c1ccc(Nc2ncnc3c2CCC3)cc1. The van der Waals surface area contributed by atoms with Crippen molar-refractivity contribution in [1.82, 2.24) is 14.9 Å². The Morgan fingerprint density at radius 1 is 1.00 bits per heavy atom. The van der Waals surface area contributed by atoms with Crippen molar-refractivity contribution in [2.75, 3.05) is 18.4 Å². The van der Waals surface area contributed by atoms with Crippen LogP contribution in [0, 0.1) is 5.92 Å².